The van der Waals surface area contributed by atoms with E-state index in [0.29, 0.717) is 17.8 Å². The average Bonchev–Trinajstić information content (AvgIpc) is 2.83. The Morgan fingerprint density at radius 3 is 2.41 bits per heavy atom. The predicted octanol–water partition coefficient (Wildman–Crippen LogP) is 4.49. The van der Waals surface area contributed by atoms with Crippen LogP contribution in [0.2, 0.25) is 0 Å². The second-order valence-corrected chi connectivity index (χ2v) is 5.66. The number of ketones is 1. The quantitative estimate of drug-likeness (QED) is 0.724. The first-order valence-corrected chi connectivity index (χ1v) is 7.28. The van der Waals surface area contributed by atoms with E-state index in [4.69, 9.17) is 4.42 Å². The third kappa shape index (κ3) is 2.29. The highest BCUT2D eigenvalue weighted by molar-refractivity contribution is 6.02. The zero-order valence-electron chi connectivity index (χ0n) is 12.9. The van der Waals surface area contributed by atoms with Gasteiger partial charge in [-0.05, 0) is 43.5 Å². The van der Waals surface area contributed by atoms with Crippen molar-refractivity contribution >= 4 is 16.8 Å². The van der Waals surface area contributed by atoms with E-state index < -0.39 is 0 Å². The first-order chi connectivity index (χ1) is 10.5. The summed E-state index contributed by atoms with van der Waals surface area (Å²) in [6.07, 6.45) is 0.311. The monoisotopic (exact) mass is 294 g/mol. The molecule has 0 amide bonds. The maximum Gasteiger partial charge on any atom is 0.202 e. The SMILES string of the molecule is Cc1c(O)cc2c(C)c(C(=O)Cc3ccccc3)oc2c1C. The van der Waals surface area contributed by atoms with Crippen LogP contribution in [0.15, 0.2) is 40.8 Å². The molecule has 0 aliphatic carbocycles. The smallest absolute Gasteiger partial charge is 0.202 e. The second-order valence-electron chi connectivity index (χ2n) is 5.66. The molecular weight excluding hydrogens is 276 g/mol. The van der Waals surface area contributed by atoms with Gasteiger partial charge in [-0.25, -0.2) is 0 Å². The zero-order valence-corrected chi connectivity index (χ0v) is 12.9. The minimum Gasteiger partial charge on any atom is -0.508 e. The van der Waals surface area contributed by atoms with Crippen molar-refractivity contribution in [2.24, 2.45) is 0 Å². The molecule has 0 aliphatic heterocycles. The van der Waals surface area contributed by atoms with Gasteiger partial charge >= 0.3 is 0 Å². The number of Topliss-reactive ketones (excluding diaryl/α,β-unsaturated/α-hetero) is 1. The van der Waals surface area contributed by atoms with Crippen LogP contribution in [0.3, 0.4) is 0 Å². The van der Waals surface area contributed by atoms with E-state index in [1.54, 1.807) is 6.07 Å². The van der Waals surface area contributed by atoms with Gasteiger partial charge < -0.3 is 9.52 Å². The number of phenols is 1. The first-order valence-electron chi connectivity index (χ1n) is 7.28. The molecule has 3 aromatic rings. The molecule has 0 unspecified atom stereocenters. The summed E-state index contributed by atoms with van der Waals surface area (Å²) in [7, 11) is 0. The van der Waals surface area contributed by atoms with Gasteiger partial charge in [-0.2, -0.15) is 0 Å². The molecule has 2 aromatic carbocycles. The van der Waals surface area contributed by atoms with Gasteiger partial charge in [-0.1, -0.05) is 30.3 Å². The number of furan rings is 1. The summed E-state index contributed by atoms with van der Waals surface area (Å²) >= 11 is 0. The van der Waals surface area contributed by atoms with Crippen molar-refractivity contribution in [3.8, 4) is 5.75 Å². The lowest BCUT2D eigenvalue weighted by atomic mass is 10.0. The minimum atomic E-state index is -0.0450. The third-order valence-corrected chi connectivity index (χ3v) is 4.22. The van der Waals surface area contributed by atoms with E-state index in [2.05, 4.69) is 0 Å². The zero-order chi connectivity index (χ0) is 15.9. The molecule has 112 valence electrons. The van der Waals surface area contributed by atoms with Gasteiger partial charge in [-0.3, -0.25) is 4.79 Å². The Labute approximate surface area is 129 Å². The molecule has 1 N–H and O–H groups in total. The molecule has 3 rings (SSSR count). The largest absolute Gasteiger partial charge is 0.508 e. The standard InChI is InChI=1S/C19H18O3/c1-11-12(2)18-15(10-16(11)20)13(3)19(22-18)17(21)9-14-7-5-4-6-8-14/h4-8,10,20H,9H2,1-3H3. The van der Waals surface area contributed by atoms with Crippen LogP contribution in [0.1, 0.15) is 32.8 Å². The Balaban J connectivity index is 2.06. The van der Waals surface area contributed by atoms with Crippen molar-refractivity contribution < 1.29 is 14.3 Å². The summed E-state index contributed by atoms with van der Waals surface area (Å²) in [4.78, 5) is 12.5. The Hall–Kier alpha value is -2.55. The van der Waals surface area contributed by atoms with Gasteiger partial charge in [0.1, 0.15) is 11.3 Å². The van der Waals surface area contributed by atoms with Crippen molar-refractivity contribution in [1.82, 2.24) is 0 Å². The van der Waals surface area contributed by atoms with Gasteiger partial charge in [0.25, 0.3) is 0 Å². The topological polar surface area (TPSA) is 50.4 Å². The minimum absolute atomic E-state index is 0.0450. The Kier molecular flexibility index (Phi) is 3.49. The number of hydrogen-bond acceptors (Lipinski definition) is 3. The summed E-state index contributed by atoms with van der Waals surface area (Å²) < 4.78 is 5.84. The van der Waals surface area contributed by atoms with Crippen molar-refractivity contribution in [2.45, 2.75) is 27.2 Å². The highest BCUT2D eigenvalue weighted by Crippen LogP contribution is 2.34. The second kappa shape index (κ2) is 5.34. The number of aryl methyl sites for hydroxylation is 2. The van der Waals surface area contributed by atoms with Crippen LogP contribution >= 0.6 is 0 Å². The first kappa shape index (κ1) is 14.4. The molecule has 0 bridgehead atoms. The van der Waals surface area contributed by atoms with Crippen molar-refractivity contribution in [3.05, 3.63) is 64.4 Å². The van der Waals surface area contributed by atoms with Crippen LogP contribution in [0.5, 0.6) is 5.75 Å². The molecule has 1 aromatic heterocycles. The molecule has 0 atom stereocenters. The Morgan fingerprint density at radius 2 is 1.73 bits per heavy atom. The van der Waals surface area contributed by atoms with Crippen LogP contribution < -0.4 is 0 Å². The van der Waals surface area contributed by atoms with E-state index in [1.807, 2.05) is 51.1 Å². The number of benzene rings is 2. The van der Waals surface area contributed by atoms with Gasteiger partial charge in [0, 0.05) is 17.4 Å². The number of carbonyl (C=O) groups is 1. The maximum absolute atomic E-state index is 12.5. The number of hydrogen-bond donors (Lipinski definition) is 1. The van der Waals surface area contributed by atoms with Crippen LogP contribution in [-0.2, 0) is 6.42 Å². The van der Waals surface area contributed by atoms with Crippen molar-refractivity contribution in [2.75, 3.05) is 0 Å². The molecule has 0 aliphatic rings. The Morgan fingerprint density at radius 1 is 1.05 bits per heavy atom. The molecule has 3 heteroatoms. The number of rotatable bonds is 3. The maximum atomic E-state index is 12.5. The molecule has 0 saturated heterocycles. The Bertz CT molecular complexity index is 858. The van der Waals surface area contributed by atoms with Crippen LogP contribution in [0.25, 0.3) is 11.0 Å². The van der Waals surface area contributed by atoms with Gasteiger partial charge in [-0.15, -0.1) is 0 Å². The molecule has 0 radical (unpaired) electrons. The fourth-order valence-corrected chi connectivity index (χ4v) is 2.71. The lowest BCUT2D eigenvalue weighted by Crippen LogP contribution is -2.03. The fourth-order valence-electron chi connectivity index (χ4n) is 2.71. The number of carbonyl (C=O) groups excluding carboxylic acids is 1. The van der Waals surface area contributed by atoms with Gasteiger partial charge in [0.2, 0.25) is 5.78 Å². The van der Waals surface area contributed by atoms with Gasteiger partial charge in [0.05, 0.1) is 0 Å². The van der Waals surface area contributed by atoms with E-state index in [9.17, 15) is 9.90 Å². The van der Waals surface area contributed by atoms with Crippen LogP contribution in [-0.4, -0.2) is 10.9 Å². The average molecular weight is 294 g/mol. The summed E-state index contributed by atoms with van der Waals surface area (Å²) in [5, 5.41) is 10.8. The van der Waals surface area contributed by atoms with Gasteiger partial charge in [0.15, 0.2) is 5.76 Å². The lowest BCUT2D eigenvalue weighted by Gasteiger charge is -2.03. The molecular formula is C19H18O3. The van der Waals surface area contributed by atoms with Crippen molar-refractivity contribution in [3.63, 3.8) is 0 Å². The fraction of sp³-hybridized carbons (Fsp3) is 0.211. The van der Waals surface area contributed by atoms with Crippen LogP contribution in [0, 0.1) is 20.8 Å². The highest BCUT2D eigenvalue weighted by Gasteiger charge is 2.20. The molecule has 3 nitrogen and oxygen atoms in total. The van der Waals surface area contributed by atoms with Crippen molar-refractivity contribution in [1.29, 1.82) is 0 Å². The van der Waals surface area contributed by atoms with E-state index in [1.165, 1.54) is 0 Å². The molecule has 1 heterocycles. The highest BCUT2D eigenvalue weighted by atomic mass is 16.3. The third-order valence-electron chi connectivity index (χ3n) is 4.22. The lowest BCUT2D eigenvalue weighted by molar-refractivity contribution is 0.0967. The van der Waals surface area contributed by atoms with E-state index >= 15 is 0 Å². The molecule has 0 fully saturated rings. The predicted molar refractivity (Wildman–Crippen MR) is 86.6 cm³/mol. The summed E-state index contributed by atoms with van der Waals surface area (Å²) in [6, 6.07) is 11.3. The number of phenolic OH excluding ortho intramolecular Hbond substituents is 1. The van der Waals surface area contributed by atoms with E-state index in [0.717, 1.165) is 27.6 Å². The molecule has 0 saturated carbocycles. The summed E-state index contributed by atoms with van der Waals surface area (Å²) in [5.74, 6) is 0.569. The summed E-state index contributed by atoms with van der Waals surface area (Å²) in [6.45, 7) is 5.59. The summed E-state index contributed by atoms with van der Waals surface area (Å²) in [5.41, 5.74) is 4.09. The van der Waals surface area contributed by atoms with Crippen LogP contribution in [0.4, 0.5) is 0 Å². The van der Waals surface area contributed by atoms with E-state index in [-0.39, 0.29) is 11.5 Å². The molecule has 22 heavy (non-hydrogen) atoms. The number of aromatic hydroxyl groups is 1. The number of fused-ring (bicyclic) bond motifs is 1. The molecule has 0 spiro atoms. The normalized spacial score (nSPS) is 11.0.